The number of nitrogens with zero attached hydrogens (tertiary/aromatic N) is 1. The van der Waals surface area contributed by atoms with Gasteiger partial charge < -0.3 is 9.64 Å². The van der Waals surface area contributed by atoms with Gasteiger partial charge in [-0.1, -0.05) is 26.6 Å². The fraction of sp³-hybridized carbons (Fsp3) is 0.812. The molecule has 0 aromatic carbocycles. The van der Waals surface area contributed by atoms with Gasteiger partial charge in [-0.3, -0.25) is 0 Å². The van der Waals surface area contributed by atoms with E-state index in [1.54, 1.807) is 0 Å². The van der Waals surface area contributed by atoms with Crippen LogP contribution >= 0.6 is 0 Å². The Hall–Kier alpha value is -0.953. The molecule has 1 aliphatic rings. The van der Waals surface area contributed by atoms with Gasteiger partial charge >= 0.3 is 6.09 Å². The largest absolute Gasteiger partial charge is 0.444 e. The van der Waals surface area contributed by atoms with Gasteiger partial charge in [0.1, 0.15) is 13.7 Å². The summed E-state index contributed by atoms with van der Waals surface area (Å²) >= 11 is 0. The van der Waals surface area contributed by atoms with Crippen LogP contribution in [0.25, 0.3) is 0 Å². The van der Waals surface area contributed by atoms with E-state index in [0.29, 0.717) is 5.92 Å². The van der Waals surface area contributed by atoms with Crippen LogP contribution in [0, 0.1) is 17.4 Å². The molecule has 0 spiro atoms. The Labute approximate surface area is 125 Å². The Kier molecular flexibility index (Phi) is 5.31. The van der Waals surface area contributed by atoms with Gasteiger partial charge in [-0.2, -0.15) is 0 Å². The number of amides is 1. The molecule has 0 radical (unpaired) electrons. The molecule has 0 bridgehead atoms. The van der Waals surface area contributed by atoms with E-state index in [-0.39, 0.29) is 12.1 Å². The molecule has 3 nitrogen and oxygen atoms in total. The van der Waals surface area contributed by atoms with Crippen molar-refractivity contribution < 1.29 is 9.53 Å². The minimum absolute atomic E-state index is 0.193. The van der Waals surface area contributed by atoms with Crippen LogP contribution in [-0.4, -0.2) is 37.3 Å². The van der Waals surface area contributed by atoms with E-state index in [4.69, 9.17) is 4.74 Å². The van der Waals surface area contributed by atoms with E-state index in [9.17, 15) is 4.79 Å². The third-order valence-corrected chi connectivity index (χ3v) is 3.98. The lowest BCUT2D eigenvalue weighted by Gasteiger charge is -2.27. The van der Waals surface area contributed by atoms with E-state index in [0.717, 1.165) is 19.4 Å². The van der Waals surface area contributed by atoms with E-state index in [1.165, 1.54) is 0 Å². The van der Waals surface area contributed by atoms with Crippen molar-refractivity contribution in [3.63, 3.8) is 0 Å². The monoisotopic (exact) mass is 295 g/mol. The maximum atomic E-state index is 12.2. The molecule has 1 heterocycles. The molecule has 0 N–H and O–H groups in total. The summed E-state index contributed by atoms with van der Waals surface area (Å²) in [6.45, 7) is 15.4. The molecule has 20 heavy (non-hydrogen) atoms. The van der Waals surface area contributed by atoms with Crippen molar-refractivity contribution >= 4 is 14.2 Å². The molecule has 1 aliphatic heterocycles. The summed E-state index contributed by atoms with van der Waals surface area (Å²) < 4.78 is 5.49. The molecule has 4 heteroatoms. The lowest BCUT2D eigenvalue weighted by atomic mass is 10.1. The molecule has 0 aromatic rings. The average Bonchev–Trinajstić information content (AvgIpc) is 2.55. The summed E-state index contributed by atoms with van der Waals surface area (Å²) in [4.78, 5) is 14.1. The smallest absolute Gasteiger partial charge is 0.410 e. The normalized spacial score (nSPS) is 23.2. The van der Waals surface area contributed by atoms with Crippen LogP contribution in [0.4, 0.5) is 4.79 Å². The highest BCUT2D eigenvalue weighted by Gasteiger charge is 2.35. The third kappa shape index (κ3) is 6.00. The zero-order chi connectivity index (χ0) is 15.6. The zero-order valence-corrected chi connectivity index (χ0v) is 15.0. The second-order valence-corrected chi connectivity index (χ2v) is 12.6. The fourth-order valence-electron chi connectivity index (χ4n) is 2.32. The molecular formula is C16H29NO2Si. The Morgan fingerprint density at radius 1 is 1.35 bits per heavy atom. The van der Waals surface area contributed by atoms with Crippen molar-refractivity contribution in [1.29, 1.82) is 0 Å². The van der Waals surface area contributed by atoms with Crippen LogP contribution in [0.2, 0.25) is 19.6 Å². The Bertz CT molecular complexity index is 409. The van der Waals surface area contributed by atoms with Gasteiger partial charge in [0.05, 0.1) is 0 Å². The minimum Gasteiger partial charge on any atom is -0.444 e. The molecule has 1 fully saturated rings. The first-order valence-corrected chi connectivity index (χ1v) is 11.0. The van der Waals surface area contributed by atoms with Crippen molar-refractivity contribution in [2.75, 3.05) is 6.54 Å². The molecule has 0 aliphatic carbocycles. The van der Waals surface area contributed by atoms with Gasteiger partial charge in [-0.25, -0.2) is 4.79 Å². The summed E-state index contributed by atoms with van der Waals surface area (Å²) in [7, 11) is -1.33. The first-order chi connectivity index (χ1) is 8.98. The van der Waals surface area contributed by atoms with Gasteiger partial charge in [0, 0.05) is 19.0 Å². The van der Waals surface area contributed by atoms with E-state index in [2.05, 4.69) is 38.0 Å². The molecule has 0 aromatic heterocycles. The quantitative estimate of drug-likeness (QED) is 0.542. The van der Waals surface area contributed by atoms with Gasteiger partial charge in [-0.15, -0.1) is 11.5 Å². The fourth-order valence-corrected chi connectivity index (χ4v) is 2.96. The summed E-state index contributed by atoms with van der Waals surface area (Å²) in [5, 5.41) is 0. The first kappa shape index (κ1) is 17.1. The molecule has 1 saturated heterocycles. The van der Waals surface area contributed by atoms with E-state index < -0.39 is 13.7 Å². The van der Waals surface area contributed by atoms with E-state index in [1.807, 2.05) is 25.7 Å². The van der Waals surface area contributed by atoms with Crippen LogP contribution in [0.3, 0.4) is 0 Å². The molecule has 0 unspecified atom stereocenters. The number of likely N-dealkylation sites (tertiary alicyclic amines) is 1. The van der Waals surface area contributed by atoms with Crippen LogP contribution < -0.4 is 0 Å². The highest BCUT2D eigenvalue weighted by Crippen LogP contribution is 2.26. The lowest BCUT2D eigenvalue weighted by molar-refractivity contribution is 0.0225. The SMILES string of the molecule is C[C@@H]1C[C@@H](CC#C[Si](C)(C)C)N(C(=O)OC(C)(C)C)C1. The van der Waals surface area contributed by atoms with Crippen LogP contribution in [0.5, 0.6) is 0 Å². The molecule has 114 valence electrons. The van der Waals surface area contributed by atoms with Gasteiger partial charge in [-0.05, 0) is 33.1 Å². The van der Waals surface area contributed by atoms with Crippen molar-refractivity contribution in [2.45, 2.75) is 71.8 Å². The summed E-state index contributed by atoms with van der Waals surface area (Å²) in [6.07, 6.45) is 1.61. The highest BCUT2D eigenvalue weighted by atomic mass is 28.3. The summed E-state index contributed by atoms with van der Waals surface area (Å²) in [5.41, 5.74) is 2.95. The van der Waals surface area contributed by atoms with Gasteiger partial charge in [0.25, 0.3) is 0 Å². The number of hydrogen-bond acceptors (Lipinski definition) is 2. The Morgan fingerprint density at radius 3 is 2.45 bits per heavy atom. The standard InChI is InChI=1S/C16H29NO2Si/c1-13-11-14(9-8-10-20(5,6)7)17(12-13)15(18)19-16(2,3)4/h13-14H,9,11-12H2,1-7H3/t13-,14-/m1/s1. The summed E-state index contributed by atoms with van der Waals surface area (Å²) in [5.74, 6) is 3.83. The predicted molar refractivity (Wildman–Crippen MR) is 86.2 cm³/mol. The third-order valence-electron chi connectivity index (χ3n) is 3.05. The molecule has 2 atom stereocenters. The maximum absolute atomic E-state index is 12.2. The highest BCUT2D eigenvalue weighted by molar-refractivity contribution is 6.83. The van der Waals surface area contributed by atoms with Crippen LogP contribution in [0.15, 0.2) is 0 Å². The second-order valence-electron chi connectivity index (χ2n) is 7.88. The molecule has 1 rings (SSSR count). The molecule has 1 amide bonds. The van der Waals surface area contributed by atoms with Crippen LogP contribution in [0.1, 0.15) is 40.5 Å². The van der Waals surface area contributed by atoms with Crippen molar-refractivity contribution in [1.82, 2.24) is 4.90 Å². The Morgan fingerprint density at radius 2 is 1.95 bits per heavy atom. The van der Waals surface area contributed by atoms with Crippen molar-refractivity contribution in [3.05, 3.63) is 0 Å². The van der Waals surface area contributed by atoms with Crippen molar-refractivity contribution in [3.8, 4) is 11.5 Å². The zero-order valence-electron chi connectivity index (χ0n) is 14.0. The summed E-state index contributed by atoms with van der Waals surface area (Å²) in [6, 6.07) is 0.212. The number of rotatable bonds is 1. The maximum Gasteiger partial charge on any atom is 0.410 e. The minimum atomic E-state index is -1.33. The second kappa shape index (κ2) is 6.22. The number of hydrogen-bond donors (Lipinski definition) is 0. The Balaban J connectivity index is 2.68. The average molecular weight is 295 g/mol. The predicted octanol–water partition coefficient (Wildman–Crippen LogP) is 3.90. The number of carbonyl (C=O) groups excluding carboxylic acids is 1. The van der Waals surface area contributed by atoms with Gasteiger partial charge in [0.15, 0.2) is 0 Å². The first-order valence-electron chi connectivity index (χ1n) is 7.47. The number of ether oxygens (including phenoxy) is 1. The van der Waals surface area contributed by atoms with Crippen LogP contribution in [-0.2, 0) is 4.74 Å². The van der Waals surface area contributed by atoms with Crippen molar-refractivity contribution in [2.24, 2.45) is 5.92 Å². The topological polar surface area (TPSA) is 29.5 Å². The number of carbonyl (C=O) groups is 1. The van der Waals surface area contributed by atoms with E-state index >= 15 is 0 Å². The molecule has 0 saturated carbocycles. The van der Waals surface area contributed by atoms with Gasteiger partial charge in [0.2, 0.25) is 0 Å². The lowest BCUT2D eigenvalue weighted by Crippen LogP contribution is -2.39. The molecular weight excluding hydrogens is 266 g/mol.